The number of ether oxygens (including phenoxy) is 1. The predicted molar refractivity (Wildman–Crippen MR) is 94.6 cm³/mol. The number of hydrogen-bond donors (Lipinski definition) is 1. The summed E-state index contributed by atoms with van der Waals surface area (Å²) in [4.78, 5) is 37.8. The molecule has 0 radical (unpaired) electrons. The van der Waals surface area contributed by atoms with Gasteiger partial charge in [-0.25, -0.2) is 0 Å². The molecule has 3 rings (SSSR count). The fraction of sp³-hybridized carbons (Fsp3) is 0.529. The lowest BCUT2D eigenvalue weighted by Crippen LogP contribution is -2.37. The fourth-order valence-corrected chi connectivity index (χ4v) is 3.03. The number of benzene rings is 1. The summed E-state index contributed by atoms with van der Waals surface area (Å²) in [6.45, 7) is 2.95. The molecule has 0 spiro atoms. The largest absolute Gasteiger partial charge is 0.378 e. The Morgan fingerprint density at radius 1 is 1.31 bits per heavy atom. The Labute approximate surface area is 151 Å². The molecule has 2 amide bonds. The summed E-state index contributed by atoms with van der Waals surface area (Å²) in [5, 5.41) is 13.4. The highest BCUT2D eigenvalue weighted by Gasteiger charge is 2.54. The van der Waals surface area contributed by atoms with Crippen LogP contribution in [0.15, 0.2) is 24.3 Å². The van der Waals surface area contributed by atoms with Gasteiger partial charge in [0.2, 0.25) is 17.9 Å². The lowest BCUT2D eigenvalue weighted by atomic mass is 10.2. The van der Waals surface area contributed by atoms with E-state index in [-0.39, 0.29) is 24.8 Å². The summed E-state index contributed by atoms with van der Waals surface area (Å²) < 4.78 is 5.33. The maximum Gasteiger partial charge on any atom is 0.243 e. The monoisotopic (exact) mass is 362 g/mol. The Kier molecular flexibility index (Phi) is 5.36. The van der Waals surface area contributed by atoms with Gasteiger partial charge in [-0.3, -0.25) is 19.7 Å². The van der Waals surface area contributed by atoms with Gasteiger partial charge in [0.25, 0.3) is 0 Å². The van der Waals surface area contributed by atoms with Crippen molar-refractivity contribution in [2.45, 2.75) is 12.5 Å². The van der Waals surface area contributed by atoms with E-state index in [0.717, 1.165) is 18.8 Å². The molecule has 1 aromatic carbocycles. The lowest BCUT2D eigenvalue weighted by Gasteiger charge is -2.28. The van der Waals surface area contributed by atoms with Gasteiger partial charge in [0.15, 0.2) is 0 Å². The van der Waals surface area contributed by atoms with Crippen LogP contribution in [-0.4, -0.2) is 67.6 Å². The first-order valence-corrected chi connectivity index (χ1v) is 8.57. The van der Waals surface area contributed by atoms with Crippen LogP contribution in [-0.2, 0) is 14.3 Å². The first-order valence-electron chi connectivity index (χ1n) is 8.57. The maximum atomic E-state index is 12.1. The van der Waals surface area contributed by atoms with Gasteiger partial charge < -0.3 is 19.9 Å². The normalized spacial score (nSPS) is 21.8. The fourth-order valence-electron chi connectivity index (χ4n) is 3.03. The Bertz CT molecular complexity index is 687. The third kappa shape index (κ3) is 4.29. The van der Waals surface area contributed by atoms with Gasteiger partial charge in [0.05, 0.1) is 19.8 Å². The molecule has 2 fully saturated rings. The van der Waals surface area contributed by atoms with E-state index in [1.54, 1.807) is 0 Å². The van der Waals surface area contributed by atoms with Crippen molar-refractivity contribution in [3.63, 3.8) is 0 Å². The third-order valence-corrected chi connectivity index (χ3v) is 4.63. The molecule has 1 heterocycles. The van der Waals surface area contributed by atoms with E-state index in [1.807, 2.05) is 24.3 Å². The van der Waals surface area contributed by atoms with Gasteiger partial charge >= 0.3 is 0 Å². The van der Waals surface area contributed by atoms with Gasteiger partial charge in [-0.1, -0.05) is 0 Å². The van der Waals surface area contributed by atoms with Crippen molar-refractivity contribution >= 4 is 23.2 Å². The number of nitrogens with one attached hydrogen (secondary N) is 1. The molecule has 0 aromatic heterocycles. The van der Waals surface area contributed by atoms with Gasteiger partial charge in [0.1, 0.15) is 5.92 Å². The molecule has 2 aliphatic rings. The minimum Gasteiger partial charge on any atom is -0.378 e. The second-order valence-corrected chi connectivity index (χ2v) is 6.58. The lowest BCUT2D eigenvalue weighted by molar-refractivity contribution is -0.497. The molecule has 140 valence electrons. The van der Waals surface area contributed by atoms with E-state index in [9.17, 15) is 19.7 Å². The van der Waals surface area contributed by atoms with Crippen LogP contribution >= 0.6 is 0 Å². The minimum absolute atomic E-state index is 0.134. The zero-order chi connectivity index (χ0) is 18.7. The number of anilines is 2. The van der Waals surface area contributed by atoms with Crippen molar-refractivity contribution in [3.8, 4) is 0 Å². The van der Waals surface area contributed by atoms with Gasteiger partial charge in [-0.2, -0.15) is 0 Å². The van der Waals surface area contributed by atoms with E-state index < -0.39 is 16.9 Å². The summed E-state index contributed by atoms with van der Waals surface area (Å²) in [5.41, 5.74) is 1.71. The molecule has 2 unspecified atom stereocenters. The number of nitrogens with zero attached hydrogens (tertiary/aromatic N) is 3. The molecule has 9 nitrogen and oxygen atoms in total. The van der Waals surface area contributed by atoms with Crippen LogP contribution in [0, 0.1) is 16.0 Å². The number of amides is 2. The predicted octanol–water partition coefficient (Wildman–Crippen LogP) is 0.585. The zero-order valence-electron chi connectivity index (χ0n) is 14.6. The van der Waals surface area contributed by atoms with Crippen LogP contribution < -0.4 is 10.2 Å². The molecular formula is C17H22N4O5. The smallest absolute Gasteiger partial charge is 0.243 e. The molecule has 26 heavy (non-hydrogen) atoms. The molecule has 1 N–H and O–H groups in total. The molecule has 1 aliphatic heterocycles. The standard InChI is InChI=1S/C17H22N4O5/c1-19(17(23)14-10-15(14)21(24)25)11-16(22)18-12-2-4-13(5-3-12)20-6-8-26-9-7-20/h2-5,14-15H,6-11H2,1H3,(H,18,22). The number of carbonyl (C=O) groups excluding carboxylic acids is 2. The Morgan fingerprint density at radius 2 is 1.96 bits per heavy atom. The third-order valence-electron chi connectivity index (χ3n) is 4.63. The minimum atomic E-state index is -0.805. The van der Waals surface area contributed by atoms with Crippen LogP contribution in [0.2, 0.25) is 0 Å². The number of morpholine rings is 1. The van der Waals surface area contributed by atoms with Crippen LogP contribution in [0.25, 0.3) is 0 Å². The Balaban J connectivity index is 1.48. The first-order chi connectivity index (χ1) is 12.5. The van der Waals surface area contributed by atoms with Crippen LogP contribution in [0.5, 0.6) is 0 Å². The number of rotatable bonds is 6. The number of carbonyl (C=O) groups is 2. The highest BCUT2D eigenvalue weighted by molar-refractivity contribution is 5.95. The van der Waals surface area contributed by atoms with Gasteiger partial charge in [-0.15, -0.1) is 0 Å². The second kappa shape index (κ2) is 7.69. The van der Waals surface area contributed by atoms with Gasteiger partial charge in [-0.05, 0) is 24.3 Å². The van der Waals surface area contributed by atoms with E-state index in [1.165, 1.54) is 11.9 Å². The van der Waals surface area contributed by atoms with Crippen molar-refractivity contribution < 1.29 is 19.2 Å². The highest BCUT2D eigenvalue weighted by atomic mass is 16.6. The summed E-state index contributed by atoms with van der Waals surface area (Å²) in [6.07, 6.45) is 0.251. The molecule has 1 aliphatic carbocycles. The topological polar surface area (TPSA) is 105 Å². The SMILES string of the molecule is CN(CC(=O)Nc1ccc(N2CCOCC2)cc1)C(=O)C1CC1[N+](=O)[O-]. The molecule has 9 heteroatoms. The summed E-state index contributed by atoms with van der Waals surface area (Å²) >= 11 is 0. The molecule has 1 aromatic rings. The number of nitro groups is 1. The van der Waals surface area contributed by atoms with Crippen molar-refractivity contribution in [2.75, 3.05) is 50.1 Å². The van der Waals surface area contributed by atoms with E-state index >= 15 is 0 Å². The molecule has 0 bridgehead atoms. The van der Waals surface area contributed by atoms with Crippen molar-refractivity contribution in [1.82, 2.24) is 4.90 Å². The first kappa shape index (κ1) is 18.1. The molecule has 1 saturated carbocycles. The zero-order valence-corrected chi connectivity index (χ0v) is 14.6. The Morgan fingerprint density at radius 3 is 2.54 bits per heavy atom. The second-order valence-electron chi connectivity index (χ2n) is 6.58. The van der Waals surface area contributed by atoms with Crippen LogP contribution in [0.4, 0.5) is 11.4 Å². The maximum absolute atomic E-state index is 12.1. The van der Waals surface area contributed by atoms with E-state index in [0.29, 0.717) is 18.9 Å². The van der Waals surface area contributed by atoms with Crippen LogP contribution in [0.3, 0.4) is 0 Å². The van der Waals surface area contributed by atoms with Crippen molar-refractivity contribution in [3.05, 3.63) is 34.4 Å². The number of hydrogen-bond acceptors (Lipinski definition) is 6. The van der Waals surface area contributed by atoms with Crippen LogP contribution in [0.1, 0.15) is 6.42 Å². The van der Waals surface area contributed by atoms with E-state index in [2.05, 4.69) is 10.2 Å². The summed E-state index contributed by atoms with van der Waals surface area (Å²) in [5.74, 6) is -1.29. The van der Waals surface area contributed by atoms with Crippen molar-refractivity contribution in [1.29, 1.82) is 0 Å². The summed E-state index contributed by atoms with van der Waals surface area (Å²) in [7, 11) is 1.48. The van der Waals surface area contributed by atoms with Gasteiger partial charge in [0, 0.05) is 42.9 Å². The Hall–Kier alpha value is -2.68. The molecular weight excluding hydrogens is 340 g/mol. The highest BCUT2D eigenvalue weighted by Crippen LogP contribution is 2.34. The van der Waals surface area contributed by atoms with Crippen molar-refractivity contribution in [2.24, 2.45) is 5.92 Å². The van der Waals surface area contributed by atoms with E-state index in [4.69, 9.17) is 4.74 Å². The average molecular weight is 362 g/mol. The summed E-state index contributed by atoms with van der Waals surface area (Å²) in [6, 6.07) is 6.69. The number of likely N-dealkylation sites (N-methyl/N-ethyl adjacent to an activating group) is 1. The molecule has 1 saturated heterocycles. The quantitative estimate of drug-likeness (QED) is 0.586. The average Bonchev–Trinajstić information content (AvgIpc) is 3.43. The molecule has 2 atom stereocenters.